The summed E-state index contributed by atoms with van der Waals surface area (Å²) in [5.74, 6) is 2.83. The van der Waals surface area contributed by atoms with Gasteiger partial charge in [0.25, 0.3) is 0 Å². The van der Waals surface area contributed by atoms with E-state index in [0.29, 0.717) is 13.2 Å². The van der Waals surface area contributed by atoms with E-state index in [0.717, 1.165) is 30.6 Å². The van der Waals surface area contributed by atoms with Gasteiger partial charge in [0.2, 0.25) is 0 Å². The highest BCUT2D eigenvalue weighted by Gasteiger charge is 2.21. The van der Waals surface area contributed by atoms with Crippen molar-refractivity contribution in [3.05, 3.63) is 12.7 Å². The Morgan fingerprint density at radius 1 is 1.56 bits per heavy atom. The van der Waals surface area contributed by atoms with Crippen LogP contribution in [0, 0.1) is 5.92 Å². The van der Waals surface area contributed by atoms with Crippen molar-refractivity contribution in [2.24, 2.45) is 5.92 Å². The Hall–Kier alpha value is -0.0300. The van der Waals surface area contributed by atoms with Crippen molar-refractivity contribution in [1.29, 1.82) is 0 Å². The lowest BCUT2D eigenvalue weighted by molar-refractivity contribution is 0.0328. The van der Waals surface area contributed by atoms with Crippen LogP contribution in [0.3, 0.4) is 0 Å². The predicted molar refractivity (Wildman–Crippen MR) is 69.9 cm³/mol. The average Bonchev–Trinajstić information content (AvgIpc) is 3.07. The summed E-state index contributed by atoms with van der Waals surface area (Å²) in [7, 11) is 0. The lowest BCUT2D eigenvalue weighted by Crippen LogP contribution is -2.31. The van der Waals surface area contributed by atoms with Crippen molar-refractivity contribution in [3.63, 3.8) is 0 Å². The maximum absolute atomic E-state index is 9.57. The van der Waals surface area contributed by atoms with Crippen LogP contribution in [0.4, 0.5) is 0 Å². The summed E-state index contributed by atoms with van der Waals surface area (Å²) in [6.45, 7) is 6.50. The van der Waals surface area contributed by atoms with Crippen molar-refractivity contribution in [2.75, 3.05) is 37.8 Å². The van der Waals surface area contributed by atoms with Gasteiger partial charge in [0.05, 0.1) is 12.7 Å². The molecule has 0 amide bonds. The SMILES string of the molecule is C=CCSCCNCC(O)COCC1CC1. The average molecular weight is 245 g/mol. The van der Waals surface area contributed by atoms with Crippen LogP contribution in [-0.4, -0.2) is 49.0 Å². The molecule has 16 heavy (non-hydrogen) atoms. The second-order valence-corrected chi connectivity index (χ2v) is 5.35. The highest BCUT2D eigenvalue weighted by molar-refractivity contribution is 7.99. The topological polar surface area (TPSA) is 41.5 Å². The van der Waals surface area contributed by atoms with Gasteiger partial charge in [-0.05, 0) is 18.8 Å². The molecule has 1 atom stereocenters. The maximum Gasteiger partial charge on any atom is 0.0897 e. The highest BCUT2D eigenvalue weighted by atomic mass is 32.2. The molecule has 3 nitrogen and oxygen atoms in total. The van der Waals surface area contributed by atoms with Crippen LogP contribution in [0.2, 0.25) is 0 Å². The second-order valence-electron chi connectivity index (χ2n) is 4.20. The molecule has 1 fully saturated rings. The normalized spacial score (nSPS) is 17.3. The van der Waals surface area contributed by atoms with E-state index in [-0.39, 0.29) is 6.10 Å². The molecule has 1 rings (SSSR count). The third-order valence-corrected chi connectivity index (χ3v) is 3.36. The number of ether oxygens (including phenoxy) is 1. The number of hydrogen-bond donors (Lipinski definition) is 2. The van der Waals surface area contributed by atoms with E-state index in [2.05, 4.69) is 11.9 Å². The fourth-order valence-electron chi connectivity index (χ4n) is 1.29. The molecule has 0 aromatic rings. The third kappa shape index (κ3) is 8.16. The van der Waals surface area contributed by atoms with Crippen LogP contribution < -0.4 is 5.32 Å². The van der Waals surface area contributed by atoms with Gasteiger partial charge in [-0.1, -0.05) is 6.08 Å². The van der Waals surface area contributed by atoms with E-state index in [4.69, 9.17) is 4.74 Å². The first-order valence-corrected chi connectivity index (χ1v) is 7.13. The predicted octanol–water partition coefficient (Wildman–Crippen LogP) is 1.28. The largest absolute Gasteiger partial charge is 0.389 e. The molecule has 94 valence electrons. The number of thioether (sulfide) groups is 1. The van der Waals surface area contributed by atoms with Gasteiger partial charge in [-0.15, -0.1) is 6.58 Å². The number of aliphatic hydroxyl groups excluding tert-OH is 1. The van der Waals surface area contributed by atoms with E-state index < -0.39 is 0 Å². The summed E-state index contributed by atoms with van der Waals surface area (Å²) in [5, 5.41) is 12.8. The molecular formula is C12H23NO2S. The Balaban J connectivity index is 1.77. The van der Waals surface area contributed by atoms with Gasteiger partial charge in [-0.25, -0.2) is 0 Å². The molecule has 0 bridgehead atoms. The van der Waals surface area contributed by atoms with Crippen molar-refractivity contribution in [3.8, 4) is 0 Å². The van der Waals surface area contributed by atoms with Crippen LogP contribution in [0.25, 0.3) is 0 Å². The lowest BCUT2D eigenvalue weighted by atomic mass is 10.3. The van der Waals surface area contributed by atoms with Gasteiger partial charge in [-0.2, -0.15) is 11.8 Å². The maximum atomic E-state index is 9.57. The Morgan fingerprint density at radius 2 is 2.38 bits per heavy atom. The molecule has 0 aliphatic heterocycles. The molecule has 1 unspecified atom stereocenters. The molecule has 0 heterocycles. The van der Waals surface area contributed by atoms with Crippen molar-refractivity contribution in [1.82, 2.24) is 5.32 Å². The van der Waals surface area contributed by atoms with Crippen LogP contribution >= 0.6 is 11.8 Å². The molecule has 0 aromatic heterocycles. The Labute approximate surface area is 103 Å². The summed E-state index contributed by atoms with van der Waals surface area (Å²) in [6.07, 6.45) is 4.14. The minimum absolute atomic E-state index is 0.372. The molecule has 0 spiro atoms. The van der Waals surface area contributed by atoms with Crippen LogP contribution in [0.15, 0.2) is 12.7 Å². The molecule has 0 saturated heterocycles. The summed E-state index contributed by atoms with van der Waals surface area (Å²) in [4.78, 5) is 0. The Morgan fingerprint density at radius 3 is 3.06 bits per heavy atom. The van der Waals surface area contributed by atoms with Gasteiger partial charge in [0.1, 0.15) is 0 Å². The molecule has 4 heteroatoms. The summed E-state index contributed by atoms with van der Waals surface area (Å²) in [5.41, 5.74) is 0. The first-order chi connectivity index (χ1) is 7.83. The molecular weight excluding hydrogens is 222 g/mol. The van der Waals surface area contributed by atoms with Crippen LogP contribution in [0.5, 0.6) is 0 Å². The summed E-state index contributed by atoms with van der Waals surface area (Å²) in [6, 6.07) is 0. The van der Waals surface area contributed by atoms with Gasteiger partial charge < -0.3 is 15.2 Å². The van der Waals surface area contributed by atoms with E-state index >= 15 is 0 Å². The summed E-state index contributed by atoms with van der Waals surface area (Å²) >= 11 is 1.84. The van der Waals surface area contributed by atoms with Gasteiger partial charge in [0.15, 0.2) is 0 Å². The van der Waals surface area contributed by atoms with E-state index in [1.165, 1.54) is 12.8 Å². The Bertz CT molecular complexity index is 186. The van der Waals surface area contributed by atoms with E-state index in [9.17, 15) is 5.11 Å². The van der Waals surface area contributed by atoms with Gasteiger partial charge >= 0.3 is 0 Å². The minimum Gasteiger partial charge on any atom is -0.389 e. The highest BCUT2D eigenvalue weighted by Crippen LogP contribution is 2.28. The molecule has 1 aliphatic rings. The number of hydrogen-bond acceptors (Lipinski definition) is 4. The smallest absolute Gasteiger partial charge is 0.0897 e. The second kappa shape index (κ2) is 9.05. The monoisotopic (exact) mass is 245 g/mol. The van der Waals surface area contributed by atoms with Crippen LogP contribution in [-0.2, 0) is 4.74 Å². The molecule has 1 saturated carbocycles. The summed E-state index contributed by atoms with van der Waals surface area (Å²) < 4.78 is 5.41. The van der Waals surface area contributed by atoms with Crippen molar-refractivity contribution < 1.29 is 9.84 Å². The quantitative estimate of drug-likeness (QED) is 0.425. The fourth-order valence-corrected chi connectivity index (χ4v) is 1.92. The fraction of sp³-hybridized carbons (Fsp3) is 0.833. The Kier molecular flexibility index (Phi) is 7.93. The van der Waals surface area contributed by atoms with E-state index in [1.54, 1.807) is 0 Å². The molecule has 0 aromatic carbocycles. The van der Waals surface area contributed by atoms with Gasteiger partial charge in [-0.3, -0.25) is 0 Å². The first kappa shape index (κ1) is 14.0. The minimum atomic E-state index is -0.372. The molecule has 1 aliphatic carbocycles. The molecule has 0 radical (unpaired) electrons. The zero-order chi connectivity index (χ0) is 11.6. The standard InChI is InChI=1S/C12H23NO2S/c1-2-6-16-7-5-13-8-12(14)10-15-9-11-3-4-11/h2,11-14H,1,3-10H2. The number of aliphatic hydroxyl groups is 1. The molecule has 2 N–H and O–H groups in total. The first-order valence-electron chi connectivity index (χ1n) is 5.98. The number of nitrogens with one attached hydrogen (secondary N) is 1. The third-order valence-electron chi connectivity index (χ3n) is 2.40. The van der Waals surface area contributed by atoms with E-state index in [1.807, 2.05) is 17.8 Å². The zero-order valence-corrected chi connectivity index (χ0v) is 10.7. The zero-order valence-electron chi connectivity index (χ0n) is 9.86. The lowest BCUT2D eigenvalue weighted by Gasteiger charge is -2.11. The van der Waals surface area contributed by atoms with Crippen LogP contribution in [0.1, 0.15) is 12.8 Å². The van der Waals surface area contributed by atoms with Crippen molar-refractivity contribution >= 4 is 11.8 Å². The van der Waals surface area contributed by atoms with Crippen molar-refractivity contribution in [2.45, 2.75) is 18.9 Å². The van der Waals surface area contributed by atoms with Gasteiger partial charge in [0, 0.05) is 31.2 Å². The number of rotatable bonds is 11.